The number of aromatic nitrogens is 2. The molecule has 94 valence electrons. The Morgan fingerprint density at radius 3 is 2.50 bits per heavy atom. The summed E-state index contributed by atoms with van der Waals surface area (Å²) in [6.07, 6.45) is 1.17. The van der Waals surface area contributed by atoms with Gasteiger partial charge < -0.3 is 5.32 Å². The highest BCUT2D eigenvalue weighted by molar-refractivity contribution is 5.93. The van der Waals surface area contributed by atoms with E-state index in [0.717, 1.165) is 6.42 Å². The second kappa shape index (κ2) is 4.87. The molecule has 18 heavy (non-hydrogen) atoms. The zero-order chi connectivity index (χ0) is 13.1. The number of H-pyrrole nitrogens is 2. The van der Waals surface area contributed by atoms with Gasteiger partial charge in [0.25, 0.3) is 11.1 Å². The predicted molar refractivity (Wildman–Crippen MR) is 68.7 cm³/mol. The number of nitrogens with one attached hydrogen (secondary N) is 3. The number of anilines is 1. The van der Waals surface area contributed by atoms with Crippen molar-refractivity contribution in [1.29, 1.82) is 0 Å². The Hall–Kier alpha value is -2.37. The number of benzene rings is 1. The Morgan fingerprint density at radius 2 is 1.83 bits per heavy atom. The van der Waals surface area contributed by atoms with E-state index < -0.39 is 5.56 Å². The number of hydrogen-bond acceptors (Lipinski definition) is 3. The lowest BCUT2D eigenvalue weighted by Gasteiger charge is -2.04. The van der Waals surface area contributed by atoms with E-state index in [2.05, 4.69) is 15.5 Å². The molecule has 0 spiro atoms. The highest BCUT2D eigenvalue weighted by Crippen LogP contribution is 2.13. The molecule has 0 atom stereocenters. The summed E-state index contributed by atoms with van der Waals surface area (Å²) in [7, 11) is 0. The van der Waals surface area contributed by atoms with Crippen LogP contribution in [0.2, 0.25) is 0 Å². The van der Waals surface area contributed by atoms with Crippen molar-refractivity contribution in [2.45, 2.75) is 19.8 Å². The molecule has 2 rings (SSSR count). The first-order valence-electron chi connectivity index (χ1n) is 5.66. The van der Waals surface area contributed by atoms with Crippen LogP contribution in [0.3, 0.4) is 0 Å². The van der Waals surface area contributed by atoms with Gasteiger partial charge in [0.2, 0.25) is 5.91 Å². The summed E-state index contributed by atoms with van der Waals surface area (Å²) in [5.41, 5.74) is -0.246. The van der Waals surface area contributed by atoms with Crippen LogP contribution in [0.1, 0.15) is 19.8 Å². The fourth-order valence-electron chi connectivity index (χ4n) is 1.71. The highest BCUT2D eigenvalue weighted by atomic mass is 16.2. The molecule has 6 nitrogen and oxygen atoms in total. The van der Waals surface area contributed by atoms with Gasteiger partial charge in [0.05, 0.1) is 10.8 Å². The van der Waals surface area contributed by atoms with Crippen molar-refractivity contribution < 1.29 is 4.79 Å². The predicted octanol–water partition coefficient (Wildman–Crippen LogP) is 0.955. The van der Waals surface area contributed by atoms with Crippen LogP contribution in [-0.2, 0) is 4.79 Å². The summed E-state index contributed by atoms with van der Waals surface area (Å²) in [5, 5.41) is 7.72. The average molecular weight is 247 g/mol. The van der Waals surface area contributed by atoms with Gasteiger partial charge in [0.15, 0.2) is 0 Å². The van der Waals surface area contributed by atoms with Gasteiger partial charge in [0.1, 0.15) is 0 Å². The van der Waals surface area contributed by atoms with E-state index in [9.17, 15) is 14.4 Å². The molecule has 0 aliphatic carbocycles. The van der Waals surface area contributed by atoms with Gasteiger partial charge in [-0.15, -0.1) is 0 Å². The maximum absolute atomic E-state index is 11.6. The third-order valence-electron chi connectivity index (χ3n) is 2.56. The van der Waals surface area contributed by atoms with E-state index in [0.29, 0.717) is 17.5 Å². The van der Waals surface area contributed by atoms with Crippen molar-refractivity contribution in [2.24, 2.45) is 0 Å². The molecule has 1 aromatic heterocycles. The largest absolute Gasteiger partial charge is 0.326 e. The van der Waals surface area contributed by atoms with Gasteiger partial charge in [0, 0.05) is 12.1 Å². The summed E-state index contributed by atoms with van der Waals surface area (Å²) in [6.45, 7) is 1.91. The van der Waals surface area contributed by atoms with Gasteiger partial charge in [-0.05, 0) is 24.6 Å². The second-order valence-electron chi connectivity index (χ2n) is 3.97. The van der Waals surface area contributed by atoms with E-state index in [1.165, 1.54) is 12.1 Å². The minimum absolute atomic E-state index is 0.113. The van der Waals surface area contributed by atoms with E-state index in [4.69, 9.17) is 0 Å². The van der Waals surface area contributed by atoms with Crippen molar-refractivity contribution in [1.82, 2.24) is 10.2 Å². The first-order valence-corrected chi connectivity index (χ1v) is 5.66. The molecule has 6 heteroatoms. The van der Waals surface area contributed by atoms with Crippen molar-refractivity contribution >= 4 is 22.4 Å². The van der Waals surface area contributed by atoms with Crippen molar-refractivity contribution in [3.63, 3.8) is 0 Å². The van der Waals surface area contributed by atoms with E-state index in [1.807, 2.05) is 6.92 Å². The lowest BCUT2D eigenvalue weighted by molar-refractivity contribution is -0.116. The van der Waals surface area contributed by atoms with Crippen LogP contribution < -0.4 is 16.4 Å². The zero-order valence-electron chi connectivity index (χ0n) is 9.87. The summed E-state index contributed by atoms with van der Waals surface area (Å²) >= 11 is 0. The number of amides is 1. The van der Waals surface area contributed by atoms with Gasteiger partial charge in [-0.3, -0.25) is 24.6 Å². The van der Waals surface area contributed by atoms with E-state index in [-0.39, 0.29) is 16.9 Å². The lowest BCUT2D eigenvalue weighted by Crippen LogP contribution is -2.19. The fourth-order valence-corrected chi connectivity index (χ4v) is 1.71. The minimum Gasteiger partial charge on any atom is -0.326 e. The molecule has 1 amide bonds. The third kappa shape index (κ3) is 2.32. The average Bonchev–Trinajstić information content (AvgIpc) is 2.34. The Bertz CT molecular complexity index is 700. The fraction of sp³-hybridized carbons (Fsp3) is 0.250. The van der Waals surface area contributed by atoms with Crippen LogP contribution >= 0.6 is 0 Å². The molecule has 0 bridgehead atoms. The van der Waals surface area contributed by atoms with Crippen molar-refractivity contribution in [3.8, 4) is 0 Å². The normalized spacial score (nSPS) is 10.5. The summed E-state index contributed by atoms with van der Waals surface area (Å²) in [4.78, 5) is 34.4. The summed E-state index contributed by atoms with van der Waals surface area (Å²) in [6, 6.07) is 4.62. The molecule has 0 radical (unpaired) electrons. The molecule has 0 unspecified atom stereocenters. The Kier molecular flexibility index (Phi) is 3.27. The van der Waals surface area contributed by atoms with Crippen LogP contribution in [0, 0.1) is 0 Å². The molecule has 0 fully saturated rings. The molecule has 3 N–H and O–H groups in total. The molecular weight excluding hydrogens is 234 g/mol. The van der Waals surface area contributed by atoms with E-state index in [1.54, 1.807) is 6.07 Å². The summed E-state index contributed by atoms with van der Waals surface area (Å²) in [5.74, 6) is -0.113. The molecule has 2 aromatic rings. The number of carbonyl (C=O) groups excluding carboxylic acids is 1. The van der Waals surface area contributed by atoms with E-state index >= 15 is 0 Å². The van der Waals surface area contributed by atoms with Crippen molar-refractivity contribution in [2.75, 3.05) is 5.32 Å². The maximum atomic E-state index is 11.6. The smallest absolute Gasteiger partial charge is 0.270 e. The zero-order valence-corrected chi connectivity index (χ0v) is 9.87. The standard InChI is InChI=1S/C12H13N3O3/c1-2-3-10(16)13-7-4-5-8-9(6-7)12(18)15-14-11(8)17/h4-6H,2-3H2,1H3,(H,13,16)(H,14,17)(H,15,18). The van der Waals surface area contributed by atoms with Crippen molar-refractivity contribution in [3.05, 3.63) is 38.9 Å². The van der Waals surface area contributed by atoms with Crippen LogP contribution in [-0.4, -0.2) is 16.1 Å². The van der Waals surface area contributed by atoms with Gasteiger partial charge >= 0.3 is 0 Å². The Morgan fingerprint density at radius 1 is 1.17 bits per heavy atom. The van der Waals surface area contributed by atoms with Crippen LogP contribution in [0.25, 0.3) is 10.8 Å². The molecule has 0 saturated heterocycles. The highest BCUT2D eigenvalue weighted by Gasteiger charge is 2.06. The van der Waals surface area contributed by atoms with Gasteiger partial charge in [-0.1, -0.05) is 6.92 Å². The number of carbonyl (C=O) groups is 1. The number of hydrogen-bond donors (Lipinski definition) is 3. The maximum Gasteiger partial charge on any atom is 0.270 e. The Balaban J connectivity index is 2.45. The first kappa shape index (κ1) is 12.1. The minimum atomic E-state index is -0.392. The molecule has 1 aromatic carbocycles. The van der Waals surface area contributed by atoms with Gasteiger partial charge in [-0.25, -0.2) is 0 Å². The summed E-state index contributed by atoms with van der Waals surface area (Å²) < 4.78 is 0. The third-order valence-corrected chi connectivity index (χ3v) is 2.56. The lowest BCUT2D eigenvalue weighted by atomic mass is 10.1. The number of fused-ring (bicyclic) bond motifs is 1. The molecule has 0 saturated carbocycles. The molecule has 0 aliphatic heterocycles. The molecule has 1 heterocycles. The SMILES string of the molecule is CCCC(=O)Nc1ccc2c(=O)[nH][nH]c(=O)c2c1. The second-order valence-corrected chi connectivity index (χ2v) is 3.97. The quantitative estimate of drug-likeness (QED) is 0.753. The molecular formula is C12H13N3O3. The first-order chi connectivity index (χ1) is 8.61. The van der Waals surface area contributed by atoms with Crippen LogP contribution in [0.5, 0.6) is 0 Å². The topological polar surface area (TPSA) is 94.8 Å². The number of rotatable bonds is 3. The monoisotopic (exact) mass is 247 g/mol. The number of aromatic amines is 2. The molecule has 0 aliphatic rings. The van der Waals surface area contributed by atoms with Crippen LogP contribution in [0.15, 0.2) is 27.8 Å². The van der Waals surface area contributed by atoms with Crippen LogP contribution in [0.4, 0.5) is 5.69 Å². The van der Waals surface area contributed by atoms with Gasteiger partial charge in [-0.2, -0.15) is 0 Å². The Labute approximate surface area is 102 Å².